The highest BCUT2D eigenvalue weighted by Crippen LogP contribution is 2.07. The molecule has 1 aliphatic carbocycles. The second-order valence-corrected chi connectivity index (χ2v) is 4.44. The zero-order chi connectivity index (χ0) is 13.2. The lowest BCUT2D eigenvalue weighted by Crippen LogP contribution is -2.11. The molecule has 0 radical (unpaired) electrons. The molecule has 1 N–H and O–H groups in total. The summed E-state index contributed by atoms with van der Waals surface area (Å²) in [5.41, 5.74) is 0. The number of allylic oxidation sites excluding steroid dienone is 2. The van der Waals surface area contributed by atoms with Crippen molar-refractivity contribution in [3.8, 4) is 5.75 Å². The SMILES string of the molecule is COc1ccc2c(c1)=c1ccccc1=CC=C(O)C=2. The molecule has 0 aromatic heterocycles. The number of rotatable bonds is 1. The van der Waals surface area contributed by atoms with Gasteiger partial charge in [-0.25, -0.2) is 0 Å². The van der Waals surface area contributed by atoms with Crippen molar-refractivity contribution in [3.63, 3.8) is 0 Å². The van der Waals surface area contributed by atoms with Crippen molar-refractivity contribution in [3.05, 3.63) is 75.2 Å². The van der Waals surface area contributed by atoms with Gasteiger partial charge in [-0.05, 0) is 45.2 Å². The number of aliphatic hydroxyl groups is 1. The molecule has 2 nitrogen and oxygen atoms in total. The van der Waals surface area contributed by atoms with E-state index in [9.17, 15) is 5.11 Å². The zero-order valence-corrected chi connectivity index (χ0v) is 10.6. The van der Waals surface area contributed by atoms with Gasteiger partial charge in [0.25, 0.3) is 0 Å². The lowest BCUT2D eigenvalue weighted by molar-refractivity contribution is 0.414. The van der Waals surface area contributed by atoms with Gasteiger partial charge in [0.15, 0.2) is 0 Å². The summed E-state index contributed by atoms with van der Waals surface area (Å²) in [6.07, 6.45) is 5.40. The summed E-state index contributed by atoms with van der Waals surface area (Å²) in [5, 5.41) is 14.1. The lowest BCUT2D eigenvalue weighted by atomic mass is 10.1. The molecule has 94 valence electrons. The molecule has 0 atom stereocenters. The second kappa shape index (κ2) is 4.65. The third kappa shape index (κ3) is 2.13. The fraction of sp³-hybridized carbons (Fsp3) is 0.0588. The number of methoxy groups -OCH3 is 1. The third-order valence-corrected chi connectivity index (χ3v) is 3.25. The van der Waals surface area contributed by atoms with Gasteiger partial charge in [0.05, 0.1) is 7.11 Å². The maximum absolute atomic E-state index is 9.86. The number of aliphatic hydroxyl groups excluding tert-OH is 1. The Kier molecular flexibility index (Phi) is 2.84. The number of benzene rings is 2. The van der Waals surface area contributed by atoms with Crippen LogP contribution in [0.2, 0.25) is 0 Å². The summed E-state index contributed by atoms with van der Waals surface area (Å²) in [4.78, 5) is 0. The van der Waals surface area contributed by atoms with Crippen LogP contribution in [-0.2, 0) is 0 Å². The molecule has 19 heavy (non-hydrogen) atoms. The van der Waals surface area contributed by atoms with E-state index in [4.69, 9.17) is 4.74 Å². The monoisotopic (exact) mass is 250 g/mol. The fourth-order valence-corrected chi connectivity index (χ4v) is 2.29. The van der Waals surface area contributed by atoms with Crippen molar-refractivity contribution >= 4 is 12.2 Å². The van der Waals surface area contributed by atoms with E-state index in [2.05, 4.69) is 6.07 Å². The van der Waals surface area contributed by atoms with Gasteiger partial charge in [0.2, 0.25) is 0 Å². The Balaban J connectivity index is 2.63. The van der Waals surface area contributed by atoms with E-state index < -0.39 is 0 Å². The van der Waals surface area contributed by atoms with Crippen molar-refractivity contribution in [2.24, 2.45) is 0 Å². The first-order valence-electron chi connectivity index (χ1n) is 6.14. The largest absolute Gasteiger partial charge is 0.508 e. The van der Waals surface area contributed by atoms with Crippen LogP contribution in [0.3, 0.4) is 0 Å². The van der Waals surface area contributed by atoms with Gasteiger partial charge in [-0.15, -0.1) is 0 Å². The highest BCUT2D eigenvalue weighted by atomic mass is 16.5. The average Bonchev–Trinajstić information content (AvgIpc) is 2.44. The van der Waals surface area contributed by atoms with Crippen LogP contribution < -0.4 is 15.2 Å². The molecule has 3 rings (SSSR count). The number of hydrogen-bond donors (Lipinski definition) is 1. The molecule has 0 bridgehead atoms. The van der Waals surface area contributed by atoms with Crippen molar-refractivity contribution in [2.45, 2.75) is 0 Å². The van der Waals surface area contributed by atoms with E-state index in [-0.39, 0.29) is 5.76 Å². The van der Waals surface area contributed by atoms with Gasteiger partial charge in [-0.1, -0.05) is 36.4 Å². The minimum absolute atomic E-state index is 0.251. The molecule has 0 unspecified atom stereocenters. The van der Waals surface area contributed by atoms with Crippen LogP contribution >= 0.6 is 0 Å². The standard InChI is InChI=1S/C17H14O2/c1-19-15-9-7-13-10-14(18)8-6-12-4-2-3-5-16(12)17(13)11-15/h2-11,18H,1H3. The number of fused-ring (bicyclic) bond motifs is 2. The summed E-state index contributed by atoms with van der Waals surface area (Å²) in [5.74, 6) is 1.06. The van der Waals surface area contributed by atoms with Crippen LogP contribution in [0.25, 0.3) is 12.2 Å². The Morgan fingerprint density at radius 2 is 1.74 bits per heavy atom. The molecule has 0 spiro atoms. The molecule has 2 aromatic rings. The van der Waals surface area contributed by atoms with E-state index >= 15 is 0 Å². The van der Waals surface area contributed by atoms with Gasteiger partial charge in [0, 0.05) is 0 Å². The molecular formula is C17H14O2. The Morgan fingerprint density at radius 3 is 2.58 bits per heavy atom. The van der Waals surface area contributed by atoms with E-state index in [1.165, 1.54) is 0 Å². The number of hydrogen-bond acceptors (Lipinski definition) is 2. The Hall–Kier alpha value is -2.48. The van der Waals surface area contributed by atoms with Crippen LogP contribution in [0.1, 0.15) is 0 Å². The molecule has 2 heteroatoms. The molecule has 0 heterocycles. The van der Waals surface area contributed by atoms with E-state index in [1.807, 2.05) is 42.5 Å². The maximum Gasteiger partial charge on any atom is 0.119 e. The predicted octanol–water partition coefficient (Wildman–Crippen LogP) is 2.00. The third-order valence-electron chi connectivity index (χ3n) is 3.25. The summed E-state index contributed by atoms with van der Waals surface area (Å²) in [7, 11) is 1.66. The molecular weight excluding hydrogens is 236 g/mol. The molecule has 0 amide bonds. The highest BCUT2D eigenvalue weighted by molar-refractivity contribution is 5.53. The minimum Gasteiger partial charge on any atom is -0.508 e. The zero-order valence-electron chi connectivity index (χ0n) is 10.6. The molecule has 0 saturated carbocycles. The highest BCUT2D eigenvalue weighted by Gasteiger charge is 1.97. The Bertz CT molecular complexity index is 861. The average molecular weight is 250 g/mol. The molecule has 2 aromatic carbocycles. The van der Waals surface area contributed by atoms with Crippen molar-refractivity contribution in [1.82, 2.24) is 0 Å². The fourth-order valence-electron chi connectivity index (χ4n) is 2.29. The number of ether oxygens (including phenoxy) is 1. The summed E-state index contributed by atoms with van der Waals surface area (Å²) in [6, 6.07) is 14.0. The van der Waals surface area contributed by atoms with Gasteiger partial charge >= 0.3 is 0 Å². The normalized spacial score (nSPS) is 12.8. The van der Waals surface area contributed by atoms with E-state index in [0.29, 0.717) is 0 Å². The Morgan fingerprint density at radius 1 is 0.895 bits per heavy atom. The van der Waals surface area contributed by atoms with Crippen LogP contribution in [0.15, 0.2) is 54.3 Å². The van der Waals surface area contributed by atoms with Gasteiger partial charge in [-0.2, -0.15) is 0 Å². The first-order chi connectivity index (χ1) is 9.28. The van der Waals surface area contributed by atoms with Crippen LogP contribution in [0.4, 0.5) is 0 Å². The van der Waals surface area contributed by atoms with Gasteiger partial charge in [0.1, 0.15) is 11.5 Å². The summed E-state index contributed by atoms with van der Waals surface area (Å²) >= 11 is 0. The quantitative estimate of drug-likeness (QED) is 0.839. The van der Waals surface area contributed by atoms with Crippen LogP contribution in [0, 0.1) is 10.4 Å². The van der Waals surface area contributed by atoms with Crippen molar-refractivity contribution < 1.29 is 9.84 Å². The molecule has 0 aliphatic heterocycles. The van der Waals surface area contributed by atoms with Crippen molar-refractivity contribution in [2.75, 3.05) is 7.11 Å². The van der Waals surface area contributed by atoms with E-state index in [0.717, 1.165) is 26.6 Å². The van der Waals surface area contributed by atoms with Crippen molar-refractivity contribution in [1.29, 1.82) is 0 Å². The minimum atomic E-state index is 0.251. The van der Waals surface area contributed by atoms with E-state index in [1.54, 1.807) is 19.3 Å². The summed E-state index contributed by atoms with van der Waals surface area (Å²) in [6.45, 7) is 0. The lowest BCUT2D eigenvalue weighted by Gasteiger charge is -2.02. The predicted molar refractivity (Wildman–Crippen MR) is 76.0 cm³/mol. The topological polar surface area (TPSA) is 29.5 Å². The molecule has 0 saturated heterocycles. The van der Waals surface area contributed by atoms with Crippen LogP contribution in [0.5, 0.6) is 5.75 Å². The first-order valence-corrected chi connectivity index (χ1v) is 6.14. The maximum atomic E-state index is 9.86. The smallest absolute Gasteiger partial charge is 0.119 e. The van der Waals surface area contributed by atoms with Gasteiger partial charge < -0.3 is 9.84 Å². The van der Waals surface area contributed by atoms with Gasteiger partial charge in [-0.3, -0.25) is 0 Å². The second-order valence-electron chi connectivity index (χ2n) is 4.44. The summed E-state index contributed by atoms with van der Waals surface area (Å²) < 4.78 is 5.29. The molecule has 0 fully saturated rings. The van der Waals surface area contributed by atoms with Crippen LogP contribution in [-0.4, -0.2) is 12.2 Å². The molecule has 1 aliphatic rings. The Labute approximate surface area is 110 Å². The first kappa shape index (κ1) is 11.6.